The molecule has 0 aliphatic rings. The minimum absolute atomic E-state index is 0.236. The van der Waals surface area contributed by atoms with Gasteiger partial charge in [-0.1, -0.05) is 6.07 Å². The fourth-order valence-electron chi connectivity index (χ4n) is 1.74. The van der Waals surface area contributed by atoms with E-state index in [-0.39, 0.29) is 12.7 Å². The van der Waals surface area contributed by atoms with E-state index in [0.29, 0.717) is 24.6 Å². The minimum atomic E-state index is -0.541. The summed E-state index contributed by atoms with van der Waals surface area (Å²) in [4.78, 5) is 2.02. The molecule has 1 aromatic rings. The first-order chi connectivity index (χ1) is 9.47. The van der Waals surface area contributed by atoms with Crippen LogP contribution in [0.4, 0.5) is 5.69 Å². The second-order valence-electron chi connectivity index (χ2n) is 5.22. The van der Waals surface area contributed by atoms with Crippen LogP contribution in [0, 0.1) is 0 Å². The Morgan fingerprint density at radius 1 is 1.35 bits per heavy atom. The molecule has 0 saturated heterocycles. The monoisotopic (exact) mass is 282 g/mol. The fourth-order valence-corrected chi connectivity index (χ4v) is 1.74. The number of rotatable bonds is 9. The summed E-state index contributed by atoms with van der Waals surface area (Å²) in [5.74, 6) is 0.676. The van der Waals surface area contributed by atoms with Crippen molar-refractivity contribution in [2.24, 2.45) is 0 Å². The third-order valence-electron chi connectivity index (χ3n) is 2.75. The van der Waals surface area contributed by atoms with E-state index in [4.69, 9.17) is 15.2 Å². The standard InChI is InChI=1S/C15H26N2O3/c1-12(2)19-8-7-17(3)10-14(18)11-20-15-6-4-5-13(16)9-15/h4-6,9,12,14,18H,7-8,10-11,16H2,1-3H3. The van der Waals surface area contributed by atoms with Crippen LogP contribution in [-0.2, 0) is 4.74 Å². The van der Waals surface area contributed by atoms with E-state index in [1.807, 2.05) is 37.9 Å². The van der Waals surface area contributed by atoms with Crippen molar-refractivity contribution in [2.45, 2.75) is 26.1 Å². The Morgan fingerprint density at radius 2 is 2.10 bits per heavy atom. The number of benzene rings is 1. The van der Waals surface area contributed by atoms with Gasteiger partial charge in [-0.2, -0.15) is 0 Å². The molecule has 0 heterocycles. The fraction of sp³-hybridized carbons (Fsp3) is 0.600. The van der Waals surface area contributed by atoms with Crippen molar-refractivity contribution in [3.05, 3.63) is 24.3 Å². The zero-order valence-corrected chi connectivity index (χ0v) is 12.6. The molecule has 3 N–H and O–H groups in total. The van der Waals surface area contributed by atoms with Crippen LogP contribution < -0.4 is 10.5 Å². The van der Waals surface area contributed by atoms with Crippen LogP contribution in [0.1, 0.15) is 13.8 Å². The first-order valence-corrected chi connectivity index (χ1v) is 6.94. The Morgan fingerprint density at radius 3 is 2.75 bits per heavy atom. The van der Waals surface area contributed by atoms with E-state index in [9.17, 15) is 5.11 Å². The van der Waals surface area contributed by atoms with Crippen molar-refractivity contribution in [1.82, 2.24) is 4.90 Å². The van der Waals surface area contributed by atoms with E-state index >= 15 is 0 Å². The van der Waals surface area contributed by atoms with Gasteiger partial charge in [0.25, 0.3) is 0 Å². The van der Waals surface area contributed by atoms with Crippen LogP contribution >= 0.6 is 0 Å². The average molecular weight is 282 g/mol. The van der Waals surface area contributed by atoms with Gasteiger partial charge in [0.2, 0.25) is 0 Å². The topological polar surface area (TPSA) is 68.0 Å². The molecule has 0 spiro atoms. The number of nitrogen functional groups attached to an aromatic ring is 1. The Kier molecular flexibility index (Phi) is 7.36. The average Bonchev–Trinajstić information content (AvgIpc) is 2.36. The molecule has 0 aliphatic heterocycles. The van der Waals surface area contributed by atoms with Crippen LogP contribution in [0.2, 0.25) is 0 Å². The van der Waals surface area contributed by atoms with Crippen molar-refractivity contribution in [3.8, 4) is 5.75 Å². The van der Waals surface area contributed by atoms with Gasteiger partial charge in [0.1, 0.15) is 18.5 Å². The van der Waals surface area contributed by atoms with Crippen LogP contribution in [0.3, 0.4) is 0 Å². The lowest BCUT2D eigenvalue weighted by Gasteiger charge is -2.21. The second kappa shape index (κ2) is 8.79. The van der Waals surface area contributed by atoms with Crippen molar-refractivity contribution in [3.63, 3.8) is 0 Å². The maximum atomic E-state index is 9.92. The molecule has 0 aliphatic carbocycles. The summed E-state index contributed by atoms with van der Waals surface area (Å²) >= 11 is 0. The number of hydrogen-bond acceptors (Lipinski definition) is 5. The largest absolute Gasteiger partial charge is 0.491 e. The summed E-state index contributed by atoms with van der Waals surface area (Å²) in [6, 6.07) is 7.19. The molecule has 0 fully saturated rings. The number of hydrogen-bond donors (Lipinski definition) is 2. The van der Waals surface area contributed by atoms with Crippen molar-refractivity contribution in [1.29, 1.82) is 0 Å². The Balaban J connectivity index is 2.20. The molecule has 0 amide bonds. The summed E-state index contributed by atoms with van der Waals surface area (Å²) in [5.41, 5.74) is 6.31. The molecule has 1 atom stereocenters. The number of ether oxygens (including phenoxy) is 2. The normalized spacial score (nSPS) is 12.9. The first kappa shape index (κ1) is 16.8. The van der Waals surface area contributed by atoms with Gasteiger partial charge in [0, 0.05) is 24.8 Å². The summed E-state index contributed by atoms with van der Waals surface area (Å²) in [6.07, 6.45) is -0.305. The predicted molar refractivity (Wildman–Crippen MR) is 80.9 cm³/mol. The van der Waals surface area contributed by atoms with Gasteiger partial charge in [-0.3, -0.25) is 0 Å². The number of nitrogens with zero attached hydrogens (tertiary/aromatic N) is 1. The van der Waals surface area contributed by atoms with Crippen LogP contribution in [0.5, 0.6) is 5.75 Å². The number of aliphatic hydroxyl groups is 1. The number of anilines is 1. The second-order valence-corrected chi connectivity index (χ2v) is 5.22. The van der Waals surface area contributed by atoms with E-state index < -0.39 is 6.10 Å². The maximum absolute atomic E-state index is 9.92. The number of likely N-dealkylation sites (N-methyl/N-ethyl adjacent to an activating group) is 1. The molecule has 0 aromatic heterocycles. The van der Waals surface area contributed by atoms with Crippen LogP contribution in [0.25, 0.3) is 0 Å². The molecule has 5 nitrogen and oxygen atoms in total. The molecule has 1 aromatic carbocycles. The van der Waals surface area contributed by atoms with E-state index in [1.54, 1.807) is 12.1 Å². The van der Waals surface area contributed by atoms with Gasteiger partial charge in [0.15, 0.2) is 0 Å². The lowest BCUT2D eigenvalue weighted by molar-refractivity contribution is 0.0414. The van der Waals surface area contributed by atoms with Gasteiger partial charge >= 0.3 is 0 Å². The Bertz CT molecular complexity index is 385. The van der Waals surface area contributed by atoms with E-state index in [2.05, 4.69) is 0 Å². The summed E-state index contributed by atoms with van der Waals surface area (Å²) in [6.45, 7) is 6.26. The maximum Gasteiger partial charge on any atom is 0.121 e. The highest BCUT2D eigenvalue weighted by Crippen LogP contribution is 2.14. The first-order valence-electron chi connectivity index (χ1n) is 6.94. The zero-order valence-electron chi connectivity index (χ0n) is 12.6. The van der Waals surface area contributed by atoms with Crippen LogP contribution in [0.15, 0.2) is 24.3 Å². The minimum Gasteiger partial charge on any atom is -0.491 e. The summed E-state index contributed by atoms with van der Waals surface area (Å²) < 4.78 is 11.0. The highest BCUT2D eigenvalue weighted by atomic mass is 16.5. The van der Waals surface area contributed by atoms with E-state index in [0.717, 1.165) is 6.54 Å². The summed E-state index contributed by atoms with van der Waals surface area (Å²) in [5, 5.41) is 9.92. The SMILES string of the molecule is CC(C)OCCN(C)CC(O)COc1cccc(N)c1. The quantitative estimate of drug-likeness (QED) is 0.670. The van der Waals surface area contributed by atoms with Gasteiger partial charge in [-0.05, 0) is 33.0 Å². The summed E-state index contributed by atoms with van der Waals surface area (Å²) in [7, 11) is 1.95. The van der Waals surface area contributed by atoms with Crippen molar-refractivity contribution < 1.29 is 14.6 Å². The molecule has 0 saturated carbocycles. The predicted octanol–water partition coefficient (Wildman–Crippen LogP) is 1.37. The number of nitrogens with two attached hydrogens (primary N) is 1. The molecule has 0 bridgehead atoms. The molecule has 1 unspecified atom stereocenters. The highest BCUT2D eigenvalue weighted by molar-refractivity contribution is 5.43. The smallest absolute Gasteiger partial charge is 0.121 e. The molecule has 1 rings (SSSR count). The van der Waals surface area contributed by atoms with Crippen LogP contribution in [-0.4, -0.2) is 55.6 Å². The van der Waals surface area contributed by atoms with Gasteiger partial charge in [-0.25, -0.2) is 0 Å². The molecular formula is C15H26N2O3. The lowest BCUT2D eigenvalue weighted by atomic mass is 10.3. The third-order valence-corrected chi connectivity index (χ3v) is 2.75. The third kappa shape index (κ3) is 7.33. The number of aliphatic hydroxyl groups excluding tert-OH is 1. The molecule has 20 heavy (non-hydrogen) atoms. The van der Waals surface area contributed by atoms with E-state index in [1.165, 1.54) is 0 Å². The zero-order chi connectivity index (χ0) is 15.0. The van der Waals surface area contributed by atoms with Gasteiger partial charge in [-0.15, -0.1) is 0 Å². The van der Waals surface area contributed by atoms with Crippen molar-refractivity contribution in [2.75, 3.05) is 39.1 Å². The lowest BCUT2D eigenvalue weighted by Crippen LogP contribution is -2.35. The van der Waals surface area contributed by atoms with Gasteiger partial charge in [0.05, 0.1) is 12.7 Å². The van der Waals surface area contributed by atoms with Gasteiger partial charge < -0.3 is 25.2 Å². The Labute approximate surface area is 121 Å². The Hall–Kier alpha value is -1.30. The molecule has 114 valence electrons. The molecular weight excluding hydrogens is 256 g/mol. The van der Waals surface area contributed by atoms with Crippen molar-refractivity contribution >= 4 is 5.69 Å². The molecule has 5 heteroatoms. The molecule has 0 radical (unpaired) electrons. The highest BCUT2D eigenvalue weighted by Gasteiger charge is 2.09.